The maximum absolute atomic E-state index is 12.8. The number of carbonyl (C=O) groups is 2. The first-order chi connectivity index (χ1) is 15.5. The first kappa shape index (κ1) is 23.0. The molecule has 2 aliphatic heterocycles. The Kier molecular flexibility index (Phi) is 7.63. The van der Waals surface area contributed by atoms with Gasteiger partial charge in [-0.15, -0.1) is 0 Å². The van der Waals surface area contributed by atoms with Gasteiger partial charge in [0.1, 0.15) is 0 Å². The van der Waals surface area contributed by atoms with Gasteiger partial charge < -0.3 is 10.2 Å². The molecule has 2 heterocycles. The predicted molar refractivity (Wildman–Crippen MR) is 132 cm³/mol. The lowest BCUT2D eigenvalue weighted by Gasteiger charge is -2.31. The molecule has 0 bridgehead atoms. The fourth-order valence-corrected chi connectivity index (χ4v) is 4.80. The average Bonchev–Trinajstić information content (AvgIpc) is 2.82. The summed E-state index contributed by atoms with van der Waals surface area (Å²) in [5, 5.41) is 3.07. The van der Waals surface area contributed by atoms with Crippen LogP contribution in [-0.4, -0.2) is 47.8 Å². The molecule has 2 aromatic rings. The van der Waals surface area contributed by atoms with E-state index in [1.807, 2.05) is 41.3 Å². The Morgan fingerprint density at radius 2 is 1.53 bits per heavy atom. The fraction of sp³-hybridized carbons (Fsp3) is 0.462. The van der Waals surface area contributed by atoms with Crippen LogP contribution in [0, 0.1) is 11.8 Å². The molecule has 0 radical (unpaired) electrons. The van der Waals surface area contributed by atoms with E-state index in [0.717, 1.165) is 22.6 Å². The highest BCUT2D eigenvalue weighted by atomic mass is 79.9. The van der Waals surface area contributed by atoms with Crippen LogP contribution in [0.3, 0.4) is 0 Å². The topological polar surface area (TPSA) is 52.7 Å². The summed E-state index contributed by atoms with van der Waals surface area (Å²) in [6, 6.07) is 15.7. The van der Waals surface area contributed by atoms with Gasteiger partial charge in [0.2, 0.25) is 5.91 Å². The van der Waals surface area contributed by atoms with Gasteiger partial charge in [0.05, 0.1) is 0 Å². The number of amides is 2. The molecule has 32 heavy (non-hydrogen) atoms. The summed E-state index contributed by atoms with van der Waals surface area (Å²) < 4.78 is 0.957. The number of hydrogen-bond acceptors (Lipinski definition) is 3. The molecule has 2 aromatic carbocycles. The zero-order valence-electron chi connectivity index (χ0n) is 18.7. The minimum Gasteiger partial charge on any atom is -0.339 e. The summed E-state index contributed by atoms with van der Waals surface area (Å²) in [7, 11) is 0. The van der Waals surface area contributed by atoms with Gasteiger partial charge in [0, 0.05) is 41.3 Å². The van der Waals surface area contributed by atoms with Crippen molar-refractivity contribution >= 4 is 33.4 Å². The van der Waals surface area contributed by atoms with Crippen LogP contribution in [0.1, 0.15) is 48.5 Å². The largest absolute Gasteiger partial charge is 0.339 e. The van der Waals surface area contributed by atoms with Crippen LogP contribution >= 0.6 is 15.9 Å². The smallest absolute Gasteiger partial charge is 0.253 e. The molecule has 2 aliphatic rings. The Labute approximate surface area is 199 Å². The average molecular weight is 498 g/mol. The van der Waals surface area contributed by atoms with Crippen LogP contribution in [0.15, 0.2) is 53.0 Å². The summed E-state index contributed by atoms with van der Waals surface area (Å²) in [4.78, 5) is 29.8. The lowest BCUT2D eigenvalue weighted by molar-refractivity contribution is -0.121. The summed E-state index contributed by atoms with van der Waals surface area (Å²) in [5.41, 5.74) is 2.83. The number of likely N-dealkylation sites (tertiary alicyclic amines) is 2. The zero-order valence-corrected chi connectivity index (χ0v) is 20.3. The number of rotatable bonds is 5. The van der Waals surface area contributed by atoms with Crippen LogP contribution in [0.25, 0.3) is 0 Å². The van der Waals surface area contributed by atoms with Crippen molar-refractivity contribution in [3.8, 4) is 0 Å². The van der Waals surface area contributed by atoms with Gasteiger partial charge in [-0.25, -0.2) is 0 Å². The lowest BCUT2D eigenvalue weighted by Crippen LogP contribution is -2.41. The highest BCUT2D eigenvalue weighted by molar-refractivity contribution is 9.10. The maximum Gasteiger partial charge on any atom is 0.253 e. The number of anilines is 1. The third-order valence-electron chi connectivity index (χ3n) is 6.75. The highest BCUT2D eigenvalue weighted by Crippen LogP contribution is 2.23. The Morgan fingerprint density at radius 1 is 0.906 bits per heavy atom. The molecular formula is C26H32BrN3O2. The summed E-state index contributed by atoms with van der Waals surface area (Å²) >= 11 is 3.40. The second-order valence-corrected chi connectivity index (χ2v) is 10.1. The molecule has 0 aliphatic carbocycles. The minimum atomic E-state index is -0.0565. The molecule has 4 rings (SSSR count). The molecule has 2 amide bonds. The molecule has 5 nitrogen and oxygen atoms in total. The molecular weight excluding hydrogens is 466 g/mol. The highest BCUT2D eigenvalue weighted by Gasteiger charge is 2.28. The lowest BCUT2D eigenvalue weighted by atomic mass is 9.95. The maximum atomic E-state index is 12.8. The first-order valence-electron chi connectivity index (χ1n) is 11.6. The van der Waals surface area contributed by atoms with E-state index in [1.165, 1.54) is 31.5 Å². The van der Waals surface area contributed by atoms with E-state index in [-0.39, 0.29) is 17.7 Å². The number of nitrogens with zero attached hydrogens (tertiary/aromatic N) is 2. The van der Waals surface area contributed by atoms with Crippen LogP contribution in [0.2, 0.25) is 0 Å². The van der Waals surface area contributed by atoms with E-state index in [9.17, 15) is 9.59 Å². The third-order valence-corrected chi connectivity index (χ3v) is 7.28. The molecule has 2 saturated heterocycles. The molecule has 0 atom stereocenters. The fourth-order valence-electron chi connectivity index (χ4n) is 4.54. The van der Waals surface area contributed by atoms with Gasteiger partial charge in [-0.2, -0.15) is 0 Å². The monoisotopic (exact) mass is 497 g/mol. The van der Waals surface area contributed by atoms with Gasteiger partial charge in [-0.05, 0) is 86.7 Å². The Morgan fingerprint density at radius 3 is 2.16 bits per heavy atom. The molecule has 0 saturated carbocycles. The summed E-state index contributed by atoms with van der Waals surface area (Å²) in [6.45, 7) is 6.87. The quantitative estimate of drug-likeness (QED) is 0.619. The van der Waals surface area contributed by atoms with Gasteiger partial charge in [-0.1, -0.05) is 35.0 Å². The molecule has 6 heteroatoms. The molecule has 170 valence electrons. The van der Waals surface area contributed by atoms with Crippen LogP contribution in [-0.2, 0) is 11.3 Å². The van der Waals surface area contributed by atoms with Gasteiger partial charge in [-0.3, -0.25) is 14.5 Å². The van der Waals surface area contributed by atoms with Crippen molar-refractivity contribution < 1.29 is 9.59 Å². The molecule has 0 unspecified atom stereocenters. The van der Waals surface area contributed by atoms with Crippen LogP contribution in [0.5, 0.6) is 0 Å². The number of nitrogens with one attached hydrogen (secondary N) is 1. The first-order valence-corrected chi connectivity index (χ1v) is 12.4. The van der Waals surface area contributed by atoms with Crippen molar-refractivity contribution in [2.75, 3.05) is 31.5 Å². The number of benzene rings is 2. The van der Waals surface area contributed by atoms with E-state index in [0.29, 0.717) is 31.5 Å². The zero-order chi connectivity index (χ0) is 22.5. The van der Waals surface area contributed by atoms with Crippen LogP contribution in [0.4, 0.5) is 5.69 Å². The second-order valence-electron chi connectivity index (χ2n) is 9.22. The minimum absolute atomic E-state index is 0.0371. The summed E-state index contributed by atoms with van der Waals surface area (Å²) in [5.74, 6) is 0.877. The van der Waals surface area contributed by atoms with E-state index in [4.69, 9.17) is 0 Å². The number of hydrogen-bond donors (Lipinski definition) is 1. The number of piperidine rings is 2. The summed E-state index contributed by atoms with van der Waals surface area (Å²) in [6.07, 6.45) is 3.95. The molecule has 0 spiro atoms. The van der Waals surface area contributed by atoms with Crippen molar-refractivity contribution in [1.82, 2.24) is 9.80 Å². The van der Waals surface area contributed by atoms with E-state index < -0.39 is 0 Å². The Bertz CT molecular complexity index is 913. The van der Waals surface area contributed by atoms with Crippen molar-refractivity contribution in [3.63, 3.8) is 0 Å². The Balaban J connectivity index is 1.24. The Hall–Kier alpha value is -2.18. The standard InChI is InChI=1S/C26H32BrN3O2/c1-19-10-14-29(15-11-19)18-20-2-8-24(9-3-20)28-25(31)21-12-16-30(17-13-21)26(32)22-4-6-23(27)7-5-22/h2-9,19,21H,10-18H2,1H3,(H,28,31). The number of halogens is 1. The van der Waals surface area contributed by atoms with Crippen molar-refractivity contribution in [2.45, 2.75) is 39.2 Å². The van der Waals surface area contributed by atoms with Gasteiger partial charge >= 0.3 is 0 Å². The van der Waals surface area contributed by atoms with Crippen molar-refractivity contribution in [3.05, 3.63) is 64.1 Å². The van der Waals surface area contributed by atoms with Crippen molar-refractivity contribution in [2.24, 2.45) is 11.8 Å². The number of carbonyl (C=O) groups excluding carboxylic acids is 2. The van der Waals surface area contributed by atoms with E-state index in [1.54, 1.807) is 0 Å². The van der Waals surface area contributed by atoms with Gasteiger partial charge in [0.25, 0.3) is 5.91 Å². The SMILES string of the molecule is CC1CCN(Cc2ccc(NC(=O)C3CCN(C(=O)c4ccc(Br)cc4)CC3)cc2)CC1. The van der Waals surface area contributed by atoms with E-state index >= 15 is 0 Å². The second kappa shape index (κ2) is 10.6. The normalized spacial score (nSPS) is 18.5. The van der Waals surface area contributed by atoms with Gasteiger partial charge in [0.15, 0.2) is 0 Å². The molecule has 2 fully saturated rings. The van der Waals surface area contributed by atoms with Crippen molar-refractivity contribution in [1.29, 1.82) is 0 Å². The third kappa shape index (κ3) is 5.99. The predicted octanol–water partition coefficient (Wildman–Crippen LogP) is 5.17. The molecule has 1 N–H and O–H groups in total. The molecule has 0 aromatic heterocycles. The van der Waals surface area contributed by atoms with E-state index in [2.05, 4.69) is 45.2 Å². The van der Waals surface area contributed by atoms with Crippen LogP contribution < -0.4 is 5.32 Å².